The molecule has 1 amide bonds. The van der Waals surface area contributed by atoms with Gasteiger partial charge in [0.2, 0.25) is 0 Å². The molecule has 4 heterocycles. The van der Waals surface area contributed by atoms with E-state index in [1.54, 1.807) is 23.2 Å². The molecule has 1 aromatic carbocycles. The molecule has 2 aliphatic rings. The lowest BCUT2D eigenvalue weighted by Gasteiger charge is -2.26. The molecule has 0 bridgehead atoms. The molecule has 1 saturated heterocycles. The van der Waals surface area contributed by atoms with E-state index in [2.05, 4.69) is 4.98 Å². The quantitative estimate of drug-likeness (QED) is 0.623. The fourth-order valence-corrected chi connectivity index (χ4v) is 5.01. The van der Waals surface area contributed by atoms with Gasteiger partial charge in [0.25, 0.3) is 5.91 Å². The van der Waals surface area contributed by atoms with Gasteiger partial charge in [-0.25, -0.2) is 9.78 Å². The maximum Gasteiger partial charge on any atom is 0.351 e. The van der Waals surface area contributed by atoms with Crippen molar-refractivity contribution < 1.29 is 23.8 Å². The summed E-state index contributed by atoms with van der Waals surface area (Å²) in [4.78, 5) is 32.3. The second-order valence-corrected chi connectivity index (χ2v) is 8.42. The summed E-state index contributed by atoms with van der Waals surface area (Å²) in [5.74, 6) is 0.575. The van der Waals surface area contributed by atoms with Crippen LogP contribution in [0.2, 0.25) is 0 Å². The predicted octanol–water partition coefficient (Wildman–Crippen LogP) is 3.17. The first-order valence-corrected chi connectivity index (χ1v) is 10.9. The van der Waals surface area contributed by atoms with Crippen molar-refractivity contribution in [3.63, 3.8) is 0 Å². The lowest BCUT2D eigenvalue weighted by atomic mass is 10.0. The van der Waals surface area contributed by atoms with Crippen molar-refractivity contribution in [2.75, 3.05) is 32.1 Å². The van der Waals surface area contributed by atoms with E-state index in [9.17, 15) is 9.59 Å². The van der Waals surface area contributed by atoms with Crippen LogP contribution in [0, 0.1) is 0 Å². The van der Waals surface area contributed by atoms with Crippen molar-refractivity contribution in [2.24, 2.45) is 0 Å². The fourth-order valence-electron chi connectivity index (χ4n) is 4.06. The highest BCUT2D eigenvalue weighted by Gasteiger charge is 2.31. The van der Waals surface area contributed by atoms with Crippen molar-refractivity contribution in [1.29, 1.82) is 0 Å². The molecule has 2 N–H and O–H groups in total. The zero-order chi connectivity index (χ0) is 21.4. The summed E-state index contributed by atoms with van der Waals surface area (Å²) < 4.78 is 16.6. The number of hydrogen-bond acceptors (Lipinski definition) is 8. The van der Waals surface area contributed by atoms with Gasteiger partial charge in [-0.1, -0.05) is 6.07 Å². The second kappa shape index (κ2) is 8.07. The lowest BCUT2D eigenvalue weighted by Crippen LogP contribution is -2.34. The summed E-state index contributed by atoms with van der Waals surface area (Å²) in [5, 5.41) is 0.712. The van der Waals surface area contributed by atoms with E-state index in [-0.39, 0.29) is 23.4 Å². The summed E-state index contributed by atoms with van der Waals surface area (Å²) in [6.45, 7) is 1.33. The Balaban J connectivity index is 1.27. The molecule has 160 valence electrons. The van der Waals surface area contributed by atoms with E-state index in [1.807, 2.05) is 18.2 Å². The maximum atomic E-state index is 12.9. The van der Waals surface area contributed by atoms with Crippen LogP contribution in [0.5, 0.6) is 11.5 Å². The van der Waals surface area contributed by atoms with Crippen LogP contribution in [0.25, 0.3) is 10.2 Å². The number of nitrogen functional groups attached to an aromatic ring is 1. The third-order valence-electron chi connectivity index (χ3n) is 5.54. The standard InChI is InChI=1S/C22H21N3O5S/c23-19-14-3-1-7-24-21(14)31-20(19)22(27)30-12-18(26)25-8-2-4-15(25)13-5-6-16-17(11-13)29-10-9-28-16/h1,3,5-7,11,15H,2,4,8-10,12,23H2/t15-/m0/s1. The van der Waals surface area contributed by atoms with Gasteiger partial charge >= 0.3 is 5.97 Å². The van der Waals surface area contributed by atoms with Crippen LogP contribution in [-0.2, 0) is 9.53 Å². The van der Waals surface area contributed by atoms with Gasteiger partial charge in [-0.05, 0) is 42.7 Å². The van der Waals surface area contributed by atoms with Crippen molar-refractivity contribution >= 4 is 39.1 Å². The van der Waals surface area contributed by atoms with Gasteiger partial charge < -0.3 is 24.8 Å². The van der Waals surface area contributed by atoms with Gasteiger partial charge in [-0.2, -0.15) is 0 Å². The van der Waals surface area contributed by atoms with Crippen LogP contribution >= 0.6 is 11.3 Å². The number of amides is 1. The molecule has 1 fully saturated rings. The number of esters is 1. The second-order valence-electron chi connectivity index (χ2n) is 7.43. The third-order valence-corrected chi connectivity index (χ3v) is 6.65. The Kier molecular flexibility index (Phi) is 5.11. The number of aromatic nitrogens is 1. The first-order valence-electron chi connectivity index (χ1n) is 10.1. The molecule has 0 aliphatic carbocycles. The Labute approximate surface area is 182 Å². The molecule has 2 aromatic heterocycles. The summed E-state index contributed by atoms with van der Waals surface area (Å²) in [6.07, 6.45) is 3.37. The highest BCUT2D eigenvalue weighted by Crippen LogP contribution is 2.38. The van der Waals surface area contributed by atoms with E-state index in [0.29, 0.717) is 41.4 Å². The van der Waals surface area contributed by atoms with Crippen molar-refractivity contribution in [1.82, 2.24) is 9.88 Å². The Morgan fingerprint density at radius 2 is 2.06 bits per heavy atom. The molecule has 31 heavy (non-hydrogen) atoms. The first kappa shape index (κ1) is 19.6. The largest absolute Gasteiger partial charge is 0.486 e. The Bertz CT molecular complexity index is 1160. The summed E-state index contributed by atoms with van der Waals surface area (Å²) in [5.41, 5.74) is 7.40. The number of hydrogen-bond donors (Lipinski definition) is 1. The zero-order valence-corrected chi connectivity index (χ0v) is 17.5. The number of ether oxygens (including phenoxy) is 3. The molecule has 1 atom stereocenters. The van der Waals surface area contributed by atoms with Gasteiger partial charge in [0.1, 0.15) is 22.9 Å². The molecule has 8 nitrogen and oxygen atoms in total. The number of nitrogens with two attached hydrogens (primary N) is 1. The molecule has 9 heteroatoms. The first-order chi connectivity index (χ1) is 15.1. The molecular formula is C22H21N3O5S. The smallest absolute Gasteiger partial charge is 0.351 e. The average molecular weight is 439 g/mol. The fraction of sp³-hybridized carbons (Fsp3) is 0.318. The van der Waals surface area contributed by atoms with Crippen molar-refractivity contribution in [3.05, 3.63) is 47.0 Å². The number of benzene rings is 1. The Morgan fingerprint density at radius 3 is 2.90 bits per heavy atom. The molecule has 0 unspecified atom stereocenters. The monoisotopic (exact) mass is 439 g/mol. The molecule has 0 saturated carbocycles. The highest BCUT2D eigenvalue weighted by atomic mass is 32.1. The van der Waals surface area contributed by atoms with E-state index >= 15 is 0 Å². The molecule has 3 aromatic rings. The minimum absolute atomic E-state index is 0.0828. The summed E-state index contributed by atoms with van der Waals surface area (Å²) >= 11 is 1.17. The van der Waals surface area contributed by atoms with Crippen LogP contribution < -0.4 is 15.2 Å². The molecular weight excluding hydrogens is 418 g/mol. The molecule has 2 aliphatic heterocycles. The van der Waals surface area contributed by atoms with Gasteiger partial charge in [0.15, 0.2) is 18.1 Å². The molecule has 0 spiro atoms. The molecule has 5 rings (SSSR count). The number of anilines is 1. The van der Waals surface area contributed by atoms with Crippen LogP contribution in [0.3, 0.4) is 0 Å². The average Bonchev–Trinajstić information content (AvgIpc) is 3.42. The highest BCUT2D eigenvalue weighted by molar-refractivity contribution is 7.21. The van der Waals surface area contributed by atoms with Crippen LogP contribution in [0.15, 0.2) is 36.5 Å². The van der Waals surface area contributed by atoms with Crippen molar-refractivity contribution in [3.8, 4) is 11.5 Å². The maximum absolute atomic E-state index is 12.9. The Morgan fingerprint density at radius 1 is 1.23 bits per heavy atom. The van der Waals surface area contributed by atoms with Gasteiger partial charge in [0, 0.05) is 18.1 Å². The van der Waals surface area contributed by atoms with E-state index in [0.717, 1.165) is 24.2 Å². The number of thiophene rings is 1. The van der Waals surface area contributed by atoms with Gasteiger partial charge in [-0.3, -0.25) is 4.79 Å². The third kappa shape index (κ3) is 3.65. The molecule has 0 radical (unpaired) electrons. The normalized spacial score (nSPS) is 17.7. The van der Waals surface area contributed by atoms with Crippen molar-refractivity contribution in [2.45, 2.75) is 18.9 Å². The Hall–Kier alpha value is -3.33. The number of carbonyl (C=O) groups excluding carboxylic acids is 2. The predicted molar refractivity (Wildman–Crippen MR) is 115 cm³/mol. The van der Waals surface area contributed by atoms with Gasteiger partial charge in [0.05, 0.1) is 11.7 Å². The number of likely N-dealkylation sites (tertiary alicyclic amines) is 1. The topological polar surface area (TPSA) is 104 Å². The summed E-state index contributed by atoms with van der Waals surface area (Å²) in [7, 11) is 0. The number of nitrogens with zero attached hydrogens (tertiary/aromatic N) is 2. The zero-order valence-electron chi connectivity index (χ0n) is 16.7. The van der Waals surface area contributed by atoms with Crippen LogP contribution in [-0.4, -0.2) is 48.1 Å². The SMILES string of the molecule is Nc1c(C(=O)OCC(=O)N2CCC[C@H]2c2ccc3c(c2)OCCO3)sc2ncccc12. The minimum Gasteiger partial charge on any atom is -0.486 e. The van der Waals surface area contributed by atoms with Gasteiger partial charge in [-0.15, -0.1) is 11.3 Å². The number of carbonyl (C=O) groups is 2. The van der Waals surface area contributed by atoms with Crippen LogP contribution in [0.1, 0.15) is 34.1 Å². The summed E-state index contributed by atoms with van der Waals surface area (Å²) in [6, 6.07) is 9.25. The lowest BCUT2D eigenvalue weighted by molar-refractivity contribution is -0.135. The minimum atomic E-state index is -0.607. The van der Waals surface area contributed by atoms with E-state index in [1.165, 1.54) is 11.3 Å². The van der Waals surface area contributed by atoms with E-state index < -0.39 is 5.97 Å². The van der Waals surface area contributed by atoms with E-state index in [4.69, 9.17) is 19.9 Å². The van der Waals surface area contributed by atoms with Crippen LogP contribution in [0.4, 0.5) is 5.69 Å². The number of fused-ring (bicyclic) bond motifs is 2. The number of pyridine rings is 1. The number of rotatable bonds is 4.